The fourth-order valence-electron chi connectivity index (χ4n) is 3.22. The summed E-state index contributed by atoms with van der Waals surface area (Å²) in [5.74, 6) is 0.573. The molecule has 7 heteroatoms. The second-order valence-electron chi connectivity index (χ2n) is 6.31. The van der Waals surface area contributed by atoms with Gasteiger partial charge in [0.2, 0.25) is 5.91 Å². The van der Waals surface area contributed by atoms with E-state index in [1.165, 1.54) is 0 Å². The van der Waals surface area contributed by atoms with Crippen molar-refractivity contribution >= 4 is 29.2 Å². The van der Waals surface area contributed by atoms with Crippen molar-refractivity contribution in [3.63, 3.8) is 0 Å². The highest BCUT2D eigenvalue weighted by Crippen LogP contribution is 2.46. The molecule has 3 aromatic rings. The van der Waals surface area contributed by atoms with Crippen LogP contribution in [0.1, 0.15) is 5.69 Å². The van der Waals surface area contributed by atoms with E-state index in [1.54, 1.807) is 29.8 Å². The van der Waals surface area contributed by atoms with Gasteiger partial charge in [-0.2, -0.15) is 5.10 Å². The zero-order valence-electron chi connectivity index (χ0n) is 15.4. The van der Waals surface area contributed by atoms with Crippen LogP contribution >= 0.6 is 11.9 Å². The van der Waals surface area contributed by atoms with Gasteiger partial charge in [-0.3, -0.25) is 9.48 Å². The molecule has 1 aliphatic heterocycles. The van der Waals surface area contributed by atoms with Crippen LogP contribution < -0.4 is 14.4 Å². The van der Waals surface area contributed by atoms with Crippen molar-refractivity contribution in [2.75, 3.05) is 23.8 Å². The number of aromatic nitrogens is 2. The van der Waals surface area contributed by atoms with E-state index in [9.17, 15) is 4.79 Å². The van der Waals surface area contributed by atoms with Gasteiger partial charge in [0.15, 0.2) is 0 Å². The van der Waals surface area contributed by atoms with Crippen molar-refractivity contribution in [3.8, 4) is 17.0 Å². The molecule has 138 valence electrons. The number of fused-ring (bicyclic) bond motifs is 3. The Hall–Kier alpha value is -2.93. The van der Waals surface area contributed by atoms with Crippen LogP contribution in [0.5, 0.6) is 5.75 Å². The van der Waals surface area contributed by atoms with E-state index in [4.69, 9.17) is 9.84 Å². The van der Waals surface area contributed by atoms with Gasteiger partial charge in [0, 0.05) is 29.3 Å². The lowest BCUT2D eigenvalue weighted by molar-refractivity contribution is -0.116. The number of methoxy groups -OCH3 is 1. The number of ether oxygens (including phenoxy) is 1. The molecule has 0 unspecified atom stereocenters. The summed E-state index contributed by atoms with van der Waals surface area (Å²) in [5, 5.41) is 7.64. The predicted octanol–water partition coefficient (Wildman–Crippen LogP) is 3.96. The van der Waals surface area contributed by atoms with E-state index in [0.29, 0.717) is 11.4 Å². The highest BCUT2D eigenvalue weighted by atomic mass is 32.2. The van der Waals surface area contributed by atoms with Crippen LogP contribution in [0.15, 0.2) is 53.4 Å². The number of carbonyl (C=O) groups is 1. The van der Waals surface area contributed by atoms with Crippen molar-refractivity contribution in [2.45, 2.75) is 18.4 Å². The van der Waals surface area contributed by atoms with E-state index in [-0.39, 0.29) is 12.5 Å². The molecule has 2 heterocycles. The molecular formula is C20H20N4O2S. The summed E-state index contributed by atoms with van der Waals surface area (Å²) in [6, 6.07) is 15.5. The maximum atomic E-state index is 12.5. The number of anilines is 2. The molecule has 0 spiro atoms. The SMILES string of the molecule is COc1cccc(NC(=O)Cn2nc3c(c2C)N(C)Sc2ccccc2-3)c1. The Kier molecular flexibility index (Phi) is 4.53. The second-order valence-corrected chi connectivity index (χ2v) is 7.48. The van der Waals surface area contributed by atoms with Crippen molar-refractivity contribution in [2.24, 2.45) is 0 Å². The van der Waals surface area contributed by atoms with Crippen molar-refractivity contribution in [1.29, 1.82) is 0 Å². The first-order valence-corrected chi connectivity index (χ1v) is 9.36. The summed E-state index contributed by atoms with van der Waals surface area (Å²) < 4.78 is 9.07. The van der Waals surface area contributed by atoms with Gasteiger partial charge >= 0.3 is 0 Å². The van der Waals surface area contributed by atoms with E-state index >= 15 is 0 Å². The average molecular weight is 380 g/mol. The molecule has 0 radical (unpaired) electrons. The summed E-state index contributed by atoms with van der Waals surface area (Å²) in [6.45, 7) is 2.15. The van der Waals surface area contributed by atoms with Crippen LogP contribution in [0, 0.1) is 6.92 Å². The number of carbonyl (C=O) groups excluding carboxylic acids is 1. The highest BCUT2D eigenvalue weighted by molar-refractivity contribution is 8.00. The molecule has 4 rings (SSSR count). The molecule has 0 saturated carbocycles. The Morgan fingerprint density at radius 1 is 1.22 bits per heavy atom. The van der Waals surface area contributed by atoms with Gasteiger partial charge in [-0.25, -0.2) is 0 Å². The third-order valence-corrected chi connectivity index (χ3v) is 5.52. The molecule has 0 bridgehead atoms. The molecule has 2 aromatic carbocycles. The number of hydrogen-bond acceptors (Lipinski definition) is 5. The lowest BCUT2D eigenvalue weighted by Crippen LogP contribution is -2.20. The molecule has 0 atom stereocenters. The van der Waals surface area contributed by atoms with Crippen LogP contribution in [-0.4, -0.2) is 29.8 Å². The first-order chi connectivity index (χ1) is 13.1. The fraction of sp³-hybridized carbons (Fsp3) is 0.200. The minimum atomic E-state index is -0.130. The molecular weight excluding hydrogens is 360 g/mol. The monoisotopic (exact) mass is 380 g/mol. The quantitative estimate of drug-likeness (QED) is 0.694. The molecule has 27 heavy (non-hydrogen) atoms. The molecule has 6 nitrogen and oxygen atoms in total. The predicted molar refractivity (Wildman–Crippen MR) is 108 cm³/mol. The summed E-state index contributed by atoms with van der Waals surface area (Å²) >= 11 is 1.67. The maximum absolute atomic E-state index is 12.5. The first kappa shape index (κ1) is 17.5. The highest BCUT2D eigenvalue weighted by Gasteiger charge is 2.27. The molecule has 1 amide bonds. The Bertz CT molecular complexity index is 1010. The summed E-state index contributed by atoms with van der Waals surface area (Å²) in [7, 11) is 3.62. The summed E-state index contributed by atoms with van der Waals surface area (Å²) in [6.07, 6.45) is 0. The van der Waals surface area contributed by atoms with Crippen molar-refractivity contribution in [1.82, 2.24) is 9.78 Å². The Morgan fingerprint density at radius 2 is 2.04 bits per heavy atom. The van der Waals surface area contributed by atoms with Gasteiger partial charge < -0.3 is 14.4 Å². The molecule has 0 saturated heterocycles. The van der Waals surface area contributed by atoms with Crippen molar-refractivity contribution < 1.29 is 9.53 Å². The lowest BCUT2D eigenvalue weighted by Gasteiger charge is -2.24. The minimum absolute atomic E-state index is 0.130. The lowest BCUT2D eigenvalue weighted by atomic mass is 10.1. The van der Waals surface area contributed by atoms with Gasteiger partial charge in [0.25, 0.3) is 0 Å². The molecule has 1 aromatic heterocycles. The van der Waals surface area contributed by atoms with E-state index in [2.05, 4.69) is 21.8 Å². The third-order valence-electron chi connectivity index (χ3n) is 4.51. The second kappa shape index (κ2) is 7.00. The number of nitrogens with one attached hydrogen (secondary N) is 1. The number of nitrogens with zero attached hydrogens (tertiary/aromatic N) is 3. The third kappa shape index (κ3) is 3.26. The Balaban J connectivity index is 1.60. The molecule has 0 fully saturated rings. The largest absolute Gasteiger partial charge is 0.497 e. The standard InChI is InChI=1S/C20H20N4O2S/c1-13-20-19(16-9-4-5-10-17(16)27-23(20)2)22-24(13)12-18(25)21-14-7-6-8-15(11-14)26-3/h4-11H,12H2,1-3H3,(H,21,25). The van der Waals surface area contributed by atoms with Crippen LogP contribution in [-0.2, 0) is 11.3 Å². The molecule has 0 aliphatic carbocycles. The molecule has 1 N–H and O–H groups in total. The number of rotatable bonds is 4. The van der Waals surface area contributed by atoms with Gasteiger partial charge in [-0.15, -0.1) is 0 Å². The topological polar surface area (TPSA) is 59.4 Å². The molecule has 1 aliphatic rings. The Labute approximate surface area is 162 Å². The zero-order valence-corrected chi connectivity index (χ0v) is 16.2. The van der Waals surface area contributed by atoms with Crippen LogP contribution in [0.3, 0.4) is 0 Å². The smallest absolute Gasteiger partial charge is 0.246 e. The van der Waals surface area contributed by atoms with Crippen LogP contribution in [0.4, 0.5) is 11.4 Å². The first-order valence-electron chi connectivity index (χ1n) is 8.59. The van der Waals surface area contributed by atoms with E-state index in [0.717, 1.165) is 27.5 Å². The number of hydrogen-bond donors (Lipinski definition) is 1. The normalized spacial score (nSPS) is 12.3. The van der Waals surface area contributed by atoms with Crippen LogP contribution in [0.25, 0.3) is 11.3 Å². The zero-order chi connectivity index (χ0) is 19.0. The maximum Gasteiger partial charge on any atom is 0.246 e. The summed E-state index contributed by atoms with van der Waals surface area (Å²) in [5.41, 5.74) is 4.74. The van der Waals surface area contributed by atoms with Gasteiger partial charge in [-0.1, -0.05) is 24.3 Å². The van der Waals surface area contributed by atoms with E-state index < -0.39 is 0 Å². The number of amides is 1. The van der Waals surface area contributed by atoms with Gasteiger partial charge in [-0.05, 0) is 37.1 Å². The average Bonchev–Trinajstić information content (AvgIpc) is 2.99. The van der Waals surface area contributed by atoms with Gasteiger partial charge in [0.05, 0.1) is 18.5 Å². The number of benzene rings is 2. The summed E-state index contributed by atoms with van der Waals surface area (Å²) in [4.78, 5) is 13.7. The Morgan fingerprint density at radius 3 is 2.85 bits per heavy atom. The van der Waals surface area contributed by atoms with Crippen LogP contribution in [0.2, 0.25) is 0 Å². The minimum Gasteiger partial charge on any atom is -0.497 e. The van der Waals surface area contributed by atoms with E-state index in [1.807, 2.05) is 44.3 Å². The fourth-order valence-corrected chi connectivity index (χ4v) is 4.23. The van der Waals surface area contributed by atoms with Gasteiger partial charge in [0.1, 0.15) is 18.0 Å². The van der Waals surface area contributed by atoms with Crippen molar-refractivity contribution in [3.05, 3.63) is 54.2 Å².